The predicted octanol–water partition coefficient (Wildman–Crippen LogP) is 0.0362. The molecule has 0 heterocycles. The molecule has 0 aliphatic heterocycles. The molecule has 0 rings (SSSR count). The number of rotatable bonds is 2. The van der Waals surface area contributed by atoms with Gasteiger partial charge in [-0.2, -0.15) is 5.26 Å². The monoisotopic (exact) mass is 112 g/mol. The highest BCUT2D eigenvalue weighted by atomic mass is 16.1. The Kier molecular flexibility index (Phi) is 3.59. The first-order valence-electron chi connectivity index (χ1n) is 2.45. The van der Waals surface area contributed by atoms with Crippen LogP contribution in [0, 0.1) is 11.3 Å². The lowest BCUT2D eigenvalue weighted by molar-refractivity contribution is -0.120. The third-order valence-electron chi connectivity index (χ3n) is 0.686. The lowest BCUT2D eigenvalue weighted by Gasteiger charge is -1.92. The number of hydrogen-bond acceptors (Lipinski definition) is 2. The number of nitrogens with zero attached hydrogens (tertiary/aromatic N) is 1. The molecule has 3 nitrogen and oxygen atoms in total. The molecule has 0 unspecified atom stereocenters. The zero-order valence-corrected chi connectivity index (χ0v) is 4.77. The van der Waals surface area contributed by atoms with Crippen LogP contribution in [0.1, 0.15) is 13.3 Å². The summed E-state index contributed by atoms with van der Waals surface area (Å²) < 4.78 is 0. The van der Waals surface area contributed by atoms with Gasteiger partial charge in [-0.15, -0.1) is 0 Å². The van der Waals surface area contributed by atoms with Gasteiger partial charge >= 0.3 is 0 Å². The van der Waals surface area contributed by atoms with Gasteiger partial charge in [-0.1, -0.05) is 6.92 Å². The summed E-state index contributed by atoms with van der Waals surface area (Å²) in [6.07, 6.45) is 0.446. The van der Waals surface area contributed by atoms with Gasteiger partial charge in [-0.25, -0.2) is 0 Å². The first-order valence-corrected chi connectivity index (χ1v) is 2.45. The Labute approximate surface area is 48.3 Å². The summed E-state index contributed by atoms with van der Waals surface area (Å²) in [4.78, 5) is 10.3. The van der Waals surface area contributed by atoms with Crippen LogP contribution in [0.15, 0.2) is 0 Å². The second kappa shape index (κ2) is 4.13. The van der Waals surface area contributed by atoms with Crippen LogP contribution >= 0.6 is 0 Å². The molecule has 0 aromatic heterocycles. The van der Waals surface area contributed by atoms with Crippen molar-refractivity contribution in [1.82, 2.24) is 5.32 Å². The molecule has 0 aliphatic carbocycles. The van der Waals surface area contributed by atoms with Crippen LogP contribution in [-0.4, -0.2) is 12.5 Å². The van der Waals surface area contributed by atoms with Crippen molar-refractivity contribution in [3.05, 3.63) is 0 Å². The summed E-state index contributed by atoms with van der Waals surface area (Å²) in [6.45, 7) is 1.86. The quantitative estimate of drug-likeness (QED) is 0.512. The van der Waals surface area contributed by atoms with Gasteiger partial charge in [0.15, 0.2) is 0 Å². The molecule has 8 heavy (non-hydrogen) atoms. The minimum Gasteiger partial charge on any atom is -0.343 e. The largest absolute Gasteiger partial charge is 0.343 e. The maximum absolute atomic E-state index is 10.3. The Bertz CT molecular complexity index is 114. The molecule has 0 aromatic rings. The van der Waals surface area contributed by atoms with E-state index < -0.39 is 0 Å². The fraction of sp³-hybridized carbons (Fsp3) is 0.600. The van der Waals surface area contributed by atoms with E-state index in [0.29, 0.717) is 6.42 Å². The van der Waals surface area contributed by atoms with Crippen LogP contribution in [0.4, 0.5) is 0 Å². The van der Waals surface area contributed by atoms with Gasteiger partial charge in [0.05, 0.1) is 6.07 Å². The Balaban J connectivity index is 3.15. The number of carbonyl (C=O) groups excluding carboxylic acids is 1. The molecule has 0 bridgehead atoms. The average molecular weight is 112 g/mol. The lowest BCUT2D eigenvalue weighted by Crippen LogP contribution is -2.21. The van der Waals surface area contributed by atoms with Gasteiger partial charge in [0, 0.05) is 6.42 Å². The van der Waals surface area contributed by atoms with E-state index in [9.17, 15) is 4.79 Å². The van der Waals surface area contributed by atoms with Gasteiger partial charge in [0.1, 0.15) is 6.54 Å². The van der Waals surface area contributed by atoms with Crippen molar-refractivity contribution in [3.8, 4) is 6.07 Å². The fourth-order valence-corrected chi connectivity index (χ4v) is 0.263. The maximum Gasteiger partial charge on any atom is 0.220 e. The molecule has 0 radical (unpaired) electrons. The molecule has 44 valence electrons. The number of nitriles is 1. The smallest absolute Gasteiger partial charge is 0.220 e. The minimum atomic E-state index is -0.0773. The summed E-state index contributed by atoms with van der Waals surface area (Å²) in [6, 6.07) is 1.80. The SMILES string of the molecule is CCC(=O)NCC#N. The molecule has 0 aromatic carbocycles. The van der Waals surface area contributed by atoms with E-state index in [1.807, 2.05) is 0 Å². The maximum atomic E-state index is 10.3. The number of hydrogen-bond donors (Lipinski definition) is 1. The van der Waals surface area contributed by atoms with Crippen molar-refractivity contribution in [2.75, 3.05) is 6.54 Å². The van der Waals surface area contributed by atoms with E-state index >= 15 is 0 Å². The summed E-state index contributed by atoms with van der Waals surface area (Å²) >= 11 is 0. The Morgan fingerprint density at radius 1 is 1.88 bits per heavy atom. The Hall–Kier alpha value is -1.04. The average Bonchev–Trinajstić information content (AvgIpc) is 1.83. The van der Waals surface area contributed by atoms with E-state index in [-0.39, 0.29) is 12.5 Å². The third kappa shape index (κ3) is 3.16. The van der Waals surface area contributed by atoms with Gasteiger partial charge in [0.25, 0.3) is 0 Å². The van der Waals surface area contributed by atoms with Crippen LogP contribution in [-0.2, 0) is 4.79 Å². The van der Waals surface area contributed by atoms with Gasteiger partial charge in [-0.05, 0) is 0 Å². The second-order valence-corrected chi connectivity index (χ2v) is 1.29. The second-order valence-electron chi connectivity index (χ2n) is 1.29. The van der Waals surface area contributed by atoms with Crippen molar-refractivity contribution in [2.24, 2.45) is 0 Å². The molecular formula is C5H8N2O. The van der Waals surface area contributed by atoms with Crippen LogP contribution in [0.25, 0.3) is 0 Å². The summed E-state index contributed by atoms with van der Waals surface area (Å²) in [5.74, 6) is -0.0773. The van der Waals surface area contributed by atoms with E-state index in [1.54, 1.807) is 13.0 Å². The first kappa shape index (κ1) is 6.96. The van der Waals surface area contributed by atoms with Crippen LogP contribution in [0.2, 0.25) is 0 Å². The summed E-state index contributed by atoms with van der Waals surface area (Å²) in [5.41, 5.74) is 0. The van der Waals surface area contributed by atoms with Crippen molar-refractivity contribution in [1.29, 1.82) is 5.26 Å². The molecule has 3 heteroatoms. The molecule has 1 amide bonds. The van der Waals surface area contributed by atoms with Crippen molar-refractivity contribution in [2.45, 2.75) is 13.3 Å². The zero-order valence-electron chi connectivity index (χ0n) is 4.77. The Morgan fingerprint density at radius 3 is 2.88 bits per heavy atom. The molecule has 1 N–H and O–H groups in total. The van der Waals surface area contributed by atoms with E-state index in [0.717, 1.165) is 0 Å². The number of carbonyl (C=O) groups is 1. The molecule has 0 aliphatic rings. The minimum absolute atomic E-state index is 0.0773. The highest BCUT2D eigenvalue weighted by Crippen LogP contribution is 1.71. The standard InChI is InChI=1S/C5H8N2O/c1-2-5(8)7-4-3-6/h2,4H2,1H3,(H,7,8). The van der Waals surface area contributed by atoms with Crippen LogP contribution in [0.3, 0.4) is 0 Å². The molecule has 0 fully saturated rings. The summed E-state index contributed by atoms with van der Waals surface area (Å²) in [7, 11) is 0. The highest BCUT2D eigenvalue weighted by Gasteiger charge is 1.90. The van der Waals surface area contributed by atoms with Gasteiger partial charge in [-0.3, -0.25) is 4.79 Å². The normalized spacial score (nSPS) is 7.50. The zero-order chi connectivity index (χ0) is 6.41. The molecule has 0 saturated heterocycles. The number of nitrogens with one attached hydrogen (secondary N) is 1. The van der Waals surface area contributed by atoms with E-state index in [2.05, 4.69) is 5.32 Å². The molecule has 0 spiro atoms. The van der Waals surface area contributed by atoms with Crippen molar-refractivity contribution < 1.29 is 4.79 Å². The van der Waals surface area contributed by atoms with E-state index in [4.69, 9.17) is 5.26 Å². The topological polar surface area (TPSA) is 52.9 Å². The fourth-order valence-electron chi connectivity index (χ4n) is 0.263. The van der Waals surface area contributed by atoms with Gasteiger partial charge < -0.3 is 5.32 Å². The molecule has 0 saturated carbocycles. The first-order chi connectivity index (χ1) is 3.81. The highest BCUT2D eigenvalue weighted by molar-refractivity contribution is 5.75. The molecular weight excluding hydrogens is 104 g/mol. The van der Waals surface area contributed by atoms with Crippen LogP contribution < -0.4 is 5.32 Å². The lowest BCUT2D eigenvalue weighted by atomic mass is 10.4. The van der Waals surface area contributed by atoms with E-state index in [1.165, 1.54) is 0 Å². The predicted molar refractivity (Wildman–Crippen MR) is 28.9 cm³/mol. The third-order valence-corrected chi connectivity index (χ3v) is 0.686. The van der Waals surface area contributed by atoms with Gasteiger partial charge in [0.2, 0.25) is 5.91 Å². The van der Waals surface area contributed by atoms with Crippen LogP contribution in [0.5, 0.6) is 0 Å². The summed E-state index contributed by atoms with van der Waals surface area (Å²) in [5, 5.41) is 10.3. The number of amides is 1. The Morgan fingerprint density at radius 2 is 2.50 bits per heavy atom. The van der Waals surface area contributed by atoms with Crippen molar-refractivity contribution >= 4 is 5.91 Å². The van der Waals surface area contributed by atoms with Crippen molar-refractivity contribution in [3.63, 3.8) is 0 Å². The molecule has 0 atom stereocenters.